The Morgan fingerprint density at radius 2 is 1.42 bits per heavy atom. The zero-order valence-electron chi connectivity index (χ0n) is 13.7. The van der Waals surface area contributed by atoms with Gasteiger partial charge in [0.2, 0.25) is 5.78 Å². The fourth-order valence-electron chi connectivity index (χ4n) is 2.29. The van der Waals surface area contributed by atoms with Gasteiger partial charge in [-0.25, -0.2) is 4.99 Å². The number of hydrogen-bond donors (Lipinski definition) is 1. The summed E-state index contributed by atoms with van der Waals surface area (Å²) in [5.74, 6) is -0.265. The molecular weight excluding hydrogens is 364 g/mol. The smallest absolute Gasteiger partial charge is 0.214 e. The number of Topliss-reactive ketones (excluding diaryl/α,β-unsaturated/α-hetero) is 1. The summed E-state index contributed by atoms with van der Waals surface area (Å²) in [5.41, 5.74) is 2.10. The third kappa shape index (κ3) is 4.63. The van der Waals surface area contributed by atoms with Gasteiger partial charge in [0, 0.05) is 16.3 Å². The molecule has 0 aromatic heterocycles. The lowest BCUT2D eigenvalue weighted by atomic mass is 10.1. The molecule has 0 aliphatic rings. The Kier molecular flexibility index (Phi) is 5.89. The van der Waals surface area contributed by atoms with E-state index < -0.39 is 0 Å². The van der Waals surface area contributed by atoms with Crippen molar-refractivity contribution in [2.24, 2.45) is 4.99 Å². The molecule has 0 heterocycles. The number of nitrogens with zero attached hydrogens (tertiary/aromatic N) is 1. The minimum atomic E-state index is -0.265. The summed E-state index contributed by atoms with van der Waals surface area (Å²) >= 11 is 11.4. The molecule has 3 aromatic carbocycles. The van der Waals surface area contributed by atoms with Crippen LogP contribution in [-0.4, -0.2) is 16.5 Å². The van der Waals surface area contributed by atoms with E-state index in [2.05, 4.69) is 10.3 Å². The zero-order valence-corrected chi connectivity index (χ0v) is 15.3. The molecule has 0 unspecified atom stereocenters. The average Bonchev–Trinajstić information content (AvgIpc) is 2.68. The van der Waals surface area contributed by atoms with Crippen LogP contribution in [0.25, 0.3) is 0 Å². The average molecular weight is 379 g/mol. The molecule has 1 N–H and O–H groups in total. The van der Waals surface area contributed by atoms with Crippen LogP contribution >= 0.6 is 23.8 Å². The van der Waals surface area contributed by atoms with E-state index in [1.54, 1.807) is 24.3 Å². The third-order valence-electron chi connectivity index (χ3n) is 3.57. The SMILES string of the molecule is O=C(C(=Nc1ccccc1)C(=S)Nc1ccccc1)c1ccc(Cl)cc1. The normalized spacial score (nSPS) is 11.0. The molecule has 0 saturated heterocycles. The van der Waals surface area contributed by atoms with Gasteiger partial charge in [-0.15, -0.1) is 0 Å². The molecule has 128 valence electrons. The topological polar surface area (TPSA) is 41.5 Å². The monoisotopic (exact) mass is 378 g/mol. The van der Waals surface area contributed by atoms with Crippen molar-refractivity contribution in [1.29, 1.82) is 0 Å². The van der Waals surface area contributed by atoms with Crippen LogP contribution in [0.5, 0.6) is 0 Å². The van der Waals surface area contributed by atoms with E-state index in [1.807, 2.05) is 60.7 Å². The van der Waals surface area contributed by atoms with Gasteiger partial charge in [-0.2, -0.15) is 0 Å². The number of aliphatic imine (C=N–C) groups is 1. The van der Waals surface area contributed by atoms with Crippen molar-refractivity contribution in [3.8, 4) is 0 Å². The summed E-state index contributed by atoms with van der Waals surface area (Å²) in [4.78, 5) is 17.7. The van der Waals surface area contributed by atoms with Gasteiger partial charge in [-0.1, -0.05) is 60.2 Å². The van der Waals surface area contributed by atoms with Crippen LogP contribution < -0.4 is 5.32 Å². The molecule has 3 rings (SSSR count). The van der Waals surface area contributed by atoms with Crippen LogP contribution in [0.3, 0.4) is 0 Å². The van der Waals surface area contributed by atoms with E-state index in [0.29, 0.717) is 16.3 Å². The first kappa shape index (κ1) is 18.0. The largest absolute Gasteiger partial charge is 0.345 e. The maximum atomic E-state index is 13.0. The van der Waals surface area contributed by atoms with Crippen LogP contribution in [0.15, 0.2) is 89.9 Å². The van der Waals surface area contributed by atoms with Crippen molar-refractivity contribution in [3.05, 3.63) is 95.5 Å². The van der Waals surface area contributed by atoms with E-state index in [1.165, 1.54) is 0 Å². The van der Waals surface area contributed by atoms with E-state index in [4.69, 9.17) is 23.8 Å². The summed E-state index contributed by atoms with van der Waals surface area (Å²) < 4.78 is 0. The molecule has 0 aliphatic carbocycles. The van der Waals surface area contributed by atoms with Crippen molar-refractivity contribution >= 4 is 51.7 Å². The first-order valence-electron chi connectivity index (χ1n) is 7.94. The van der Waals surface area contributed by atoms with Gasteiger partial charge in [0.15, 0.2) is 0 Å². The number of para-hydroxylation sites is 2. The first-order chi connectivity index (χ1) is 12.6. The Bertz CT molecular complexity index is 939. The van der Waals surface area contributed by atoms with Gasteiger partial charge >= 0.3 is 0 Å². The lowest BCUT2D eigenvalue weighted by molar-refractivity contribution is 0.106. The second kappa shape index (κ2) is 8.52. The number of anilines is 1. The fourth-order valence-corrected chi connectivity index (χ4v) is 2.67. The Balaban J connectivity index is 1.96. The molecule has 5 heteroatoms. The number of thiocarbonyl (C=S) groups is 1. The molecule has 0 bridgehead atoms. The van der Waals surface area contributed by atoms with E-state index in [9.17, 15) is 4.79 Å². The van der Waals surface area contributed by atoms with E-state index in [-0.39, 0.29) is 16.5 Å². The van der Waals surface area contributed by atoms with Gasteiger partial charge < -0.3 is 5.32 Å². The number of hydrogen-bond acceptors (Lipinski definition) is 3. The molecule has 3 nitrogen and oxygen atoms in total. The molecule has 3 aromatic rings. The van der Waals surface area contributed by atoms with Crippen LogP contribution in [0.1, 0.15) is 10.4 Å². The number of nitrogens with one attached hydrogen (secondary N) is 1. The minimum absolute atomic E-state index is 0.178. The lowest BCUT2D eigenvalue weighted by Gasteiger charge is -2.11. The summed E-state index contributed by atoms with van der Waals surface area (Å²) in [6.45, 7) is 0. The molecule has 0 spiro atoms. The Morgan fingerprint density at radius 1 is 0.846 bits per heavy atom. The quantitative estimate of drug-likeness (QED) is 0.350. The van der Waals surface area contributed by atoms with Gasteiger partial charge in [-0.05, 0) is 48.5 Å². The Hall–Kier alpha value is -2.82. The molecule has 0 radical (unpaired) electrons. The Morgan fingerprint density at radius 3 is 2.04 bits per heavy atom. The molecular formula is C21H15ClN2OS. The summed E-state index contributed by atoms with van der Waals surface area (Å²) in [5, 5.41) is 3.64. The molecule has 0 fully saturated rings. The number of carbonyl (C=O) groups excluding carboxylic acids is 1. The van der Waals surface area contributed by atoms with Crippen molar-refractivity contribution in [1.82, 2.24) is 0 Å². The Labute approximate surface area is 162 Å². The predicted octanol–water partition coefficient (Wildman–Crippen LogP) is 5.73. The number of ketones is 1. The summed E-state index contributed by atoms with van der Waals surface area (Å²) in [6, 6.07) is 25.3. The van der Waals surface area contributed by atoms with Gasteiger partial charge in [0.25, 0.3) is 0 Å². The van der Waals surface area contributed by atoms with E-state index >= 15 is 0 Å². The molecule has 0 saturated carbocycles. The second-order valence-corrected chi connectivity index (χ2v) is 6.30. The van der Waals surface area contributed by atoms with Gasteiger partial charge in [-0.3, -0.25) is 4.79 Å². The standard InChI is InChI=1S/C21H15ClN2OS/c22-16-13-11-15(12-14-16)20(25)19(23-17-7-3-1-4-8-17)21(26)24-18-9-5-2-6-10-18/h1-14H,(H,24,26). The summed E-state index contributed by atoms with van der Waals surface area (Å²) in [6.07, 6.45) is 0. The van der Waals surface area contributed by atoms with Crippen LogP contribution in [0.4, 0.5) is 11.4 Å². The highest BCUT2D eigenvalue weighted by Gasteiger charge is 2.19. The predicted molar refractivity (Wildman–Crippen MR) is 112 cm³/mol. The minimum Gasteiger partial charge on any atom is -0.345 e. The highest BCUT2D eigenvalue weighted by Crippen LogP contribution is 2.16. The molecule has 0 atom stereocenters. The third-order valence-corrected chi connectivity index (χ3v) is 4.11. The molecule has 0 amide bonds. The van der Waals surface area contributed by atoms with Crippen LogP contribution in [-0.2, 0) is 0 Å². The highest BCUT2D eigenvalue weighted by atomic mass is 35.5. The number of rotatable bonds is 5. The maximum absolute atomic E-state index is 13.0. The van der Waals surface area contributed by atoms with Crippen molar-refractivity contribution < 1.29 is 4.79 Å². The van der Waals surface area contributed by atoms with Gasteiger partial charge in [0.1, 0.15) is 10.7 Å². The van der Waals surface area contributed by atoms with E-state index in [0.717, 1.165) is 5.69 Å². The zero-order chi connectivity index (χ0) is 18.4. The van der Waals surface area contributed by atoms with Crippen LogP contribution in [0.2, 0.25) is 5.02 Å². The fraction of sp³-hybridized carbons (Fsp3) is 0. The molecule has 26 heavy (non-hydrogen) atoms. The van der Waals surface area contributed by atoms with Crippen molar-refractivity contribution in [3.63, 3.8) is 0 Å². The lowest BCUT2D eigenvalue weighted by Crippen LogP contribution is -2.28. The highest BCUT2D eigenvalue weighted by molar-refractivity contribution is 7.82. The van der Waals surface area contributed by atoms with Crippen molar-refractivity contribution in [2.45, 2.75) is 0 Å². The summed E-state index contributed by atoms with van der Waals surface area (Å²) in [7, 11) is 0. The van der Waals surface area contributed by atoms with Crippen LogP contribution in [0, 0.1) is 0 Å². The number of carbonyl (C=O) groups is 1. The molecule has 0 aliphatic heterocycles. The number of benzene rings is 3. The number of halogens is 1. The van der Waals surface area contributed by atoms with Crippen molar-refractivity contribution in [2.75, 3.05) is 5.32 Å². The van der Waals surface area contributed by atoms with Gasteiger partial charge in [0.05, 0.1) is 5.69 Å². The maximum Gasteiger partial charge on any atom is 0.214 e. The second-order valence-electron chi connectivity index (χ2n) is 5.45. The first-order valence-corrected chi connectivity index (χ1v) is 8.72.